The van der Waals surface area contributed by atoms with E-state index in [-0.39, 0.29) is 0 Å². The van der Waals surface area contributed by atoms with Crippen LogP contribution in [0.4, 0.5) is 0 Å². The predicted molar refractivity (Wildman–Crippen MR) is 62.3 cm³/mol. The highest BCUT2D eigenvalue weighted by Gasteiger charge is 2.09. The summed E-state index contributed by atoms with van der Waals surface area (Å²) in [5, 5.41) is 0. The lowest BCUT2D eigenvalue weighted by atomic mass is 10.2. The lowest BCUT2D eigenvalue weighted by Gasteiger charge is -2.26. The van der Waals surface area contributed by atoms with E-state index in [1.165, 1.54) is 0 Å². The first-order valence-electron chi connectivity index (χ1n) is 5.92. The first kappa shape index (κ1) is 11.5. The maximum Gasteiger partial charge on any atom is 0.0594 e. The van der Waals surface area contributed by atoms with Gasteiger partial charge in [0.25, 0.3) is 0 Å². The molecule has 0 bridgehead atoms. The number of rotatable bonds is 4. The predicted octanol–water partition coefficient (Wildman–Crippen LogP) is 1.05. The highest BCUT2D eigenvalue weighted by molar-refractivity contribution is 5.00. The Bertz CT molecular complexity index is 307. The molecule has 4 nitrogen and oxygen atoms in total. The van der Waals surface area contributed by atoms with Crippen molar-refractivity contribution in [3.8, 4) is 0 Å². The number of aryl methyl sites for hydroxylation is 2. The van der Waals surface area contributed by atoms with E-state index >= 15 is 0 Å². The molecule has 88 valence electrons. The van der Waals surface area contributed by atoms with Crippen LogP contribution in [0, 0.1) is 6.92 Å². The monoisotopic (exact) mass is 221 g/mol. The Kier molecular flexibility index (Phi) is 4.25. The van der Waals surface area contributed by atoms with Gasteiger partial charge in [0, 0.05) is 25.5 Å². The van der Waals surface area contributed by atoms with Crippen molar-refractivity contribution in [2.24, 2.45) is 0 Å². The Morgan fingerprint density at radius 3 is 2.75 bits per heavy atom. The highest BCUT2D eigenvalue weighted by Crippen LogP contribution is 2.02. The summed E-state index contributed by atoms with van der Waals surface area (Å²) in [6.07, 6.45) is 5.89. The van der Waals surface area contributed by atoms with Crippen LogP contribution in [0.5, 0.6) is 0 Å². The molecule has 0 atom stereocenters. The molecule has 4 heteroatoms. The molecule has 1 aliphatic heterocycles. The van der Waals surface area contributed by atoms with Gasteiger partial charge in [0.15, 0.2) is 0 Å². The molecule has 0 aliphatic carbocycles. The number of hydrogen-bond acceptors (Lipinski definition) is 4. The number of ether oxygens (including phenoxy) is 1. The van der Waals surface area contributed by atoms with Crippen molar-refractivity contribution in [2.45, 2.75) is 19.8 Å². The van der Waals surface area contributed by atoms with Crippen molar-refractivity contribution in [3.05, 3.63) is 23.8 Å². The van der Waals surface area contributed by atoms with Crippen molar-refractivity contribution in [2.75, 3.05) is 32.8 Å². The summed E-state index contributed by atoms with van der Waals surface area (Å²) < 4.78 is 5.31. The summed E-state index contributed by atoms with van der Waals surface area (Å²) in [5.41, 5.74) is 2.08. The van der Waals surface area contributed by atoms with E-state index in [0.29, 0.717) is 0 Å². The average molecular weight is 221 g/mol. The Labute approximate surface area is 96.7 Å². The van der Waals surface area contributed by atoms with E-state index in [9.17, 15) is 0 Å². The SMILES string of the molecule is Cc1cnc(CCCN2CCOCC2)cn1. The van der Waals surface area contributed by atoms with E-state index in [4.69, 9.17) is 4.74 Å². The molecule has 1 aromatic heterocycles. The fraction of sp³-hybridized carbons (Fsp3) is 0.667. The van der Waals surface area contributed by atoms with Gasteiger partial charge < -0.3 is 4.74 Å². The van der Waals surface area contributed by atoms with Crippen LogP contribution >= 0.6 is 0 Å². The normalized spacial score (nSPS) is 17.6. The maximum absolute atomic E-state index is 5.31. The first-order valence-corrected chi connectivity index (χ1v) is 5.92. The molecule has 1 fully saturated rings. The van der Waals surface area contributed by atoms with E-state index in [0.717, 1.165) is 57.1 Å². The molecular formula is C12H19N3O. The minimum absolute atomic E-state index is 0.879. The lowest BCUT2D eigenvalue weighted by Crippen LogP contribution is -2.36. The van der Waals surface area contributed by atoms with Crippen molar-refractivity contribution in [1.29, 1.82) is 0 Å². The topological polar surface area (TPSA) is 38.2 Å². The minimum atomic E-state index is 0.879. The highest BCUT2D eigenvalue weighted by atomic mass is 16.5. The van der Waals surface area contributed by atoms with Crippen LogP contribution in [-0.2, 0) is 11.2 Å². The van der Waals surface area contributed by atoms with Gasteiger partial charge in [0.05, 0.1) is 24.6 Å². The summed E-state index contributed by atoms with van der Waals surface area (Å²) >= 11 is 0. The van der Waals surface area contributed by atoms with Gasteiger partial charge in [-0.1, -0.05) is 0 Å². The van der Waals surface area contributed by atoms with E-state index in [1.807, 2.05) is 19.3 Å². The Balaban J connectivity index is 1.69. The molecule has 0 N–H and O–H groups in total. The molecule has 0 radical (unpaired) electrons. The Morgan fingerprint density at radius 1 is 1.25 bits per heavy atom. The van der Waals surface area contributed by atoms with Gasteiger partial charge in [-0.2, -0.15) is 0 Å². The van der Waals surface area contributed by atoms with E-state index in [1.54, 1.807) is 0 Å². The van der Waals surface area contributed by atoms with Gasteiger partial charge >= 0.3 is 0 Å². The number of nitrogens with zero attached hydrogens (tertiary/aromatic N) is 3. The maximum atomic E-state index is 5.31. The molecular weight excluding hydrogens is 202 g/mol. The quantitative estimate of drug-likeness (QED) is 0.761. The second-order valence-electron chi connectivity index (χ2n) is 4.21. The molecule has 0 saturated carbocycles. The molecule has 1 aromatic rings. The van der Waals surface area contributed by atoms with Crippen LogP contribution < -0.4 is 0 Å². The summed E-state index contributed by atoms with van der Waals surface area (Å²) in [6.45, 7) is 7.00. The smallest absolute Gasteiger partial charge is 0.0594 e. The van der Waals surface area contributed by atoms with Gasteiger partial charge in [-0.25, -0.2) is 0 Å². The third-order valence-electron chi connectivity index (χ3n) is 2.85. The van der Waals surface area contributed by atoms with Gasteiger partial charge in [-0.05, 0) is 26.3 Å². The zero-order valence-corrected chi connectivity index (χ0v) is 9.85. The fourth-order valence-corrected chi connectivity index (χ4v) is 1.86. The third-order valence-corrected chi connectivity index (χ3v) is 2.85. The second-order valence-corrected chi connectivity index (χ2v) is 4.21. The van der Waals surface area contributed by atoms with Crippen molar-refractivity contribution in [1.82, 2.24) is 14.9 Å². The largest absolute Gasteiger partial charge is 0.379 e. The first-order chi connectivity index (χ1) is 7.84. The van der Waals surface area contributed by atoms with Gasteiger partial charge in [0.2, 0.25) is 0 Å². The Hall–Kier alpha value is -1.00. The zero-order valence-electron chi connectivity index (χ0n) is 9.85. The Morgan fingerprint density at radius 2 is 2.06 bits per heavy atom. The minimum Gasteiger partial charge on any atom is -0.379 e. The summed E-state index contributed by atoms with van der Waals surface area (Å²) in [6, 6.07) is 0. The zero-order chi connectivity index (χ0) is 11.2. The lowest BCUT2D eigenvalue weighted by molar-refractivity contribution is 0.0374. The van der Waals surface area contributed by atoms with E-state index < -0.39 is 0 Å². The van der Waals surface area contributed by atoms with Gasteiger partial charge in [-0.3, -0.25) is 14.9 Å². The molecule has 1 saturated heterocycles. The molecule has 16 heavy (non-hydrogen) atoms. The van der Waals surface area contributed by atoms with Crippen molar-refractivity contribution >= 4 is 0 Å². The van der Waals surface area contributed by atoms with Crippen LogP contribution in [0.2, 0.25) is 0 Å². The summed E-state index contributed by atoms with van der Waals surface area (Å²) in [4.78, 5) is 11.1. The fourth-order valence-electron chi connectivity index (χ4n) is 1.86. The van der Waals surface area contributed by atoms with Gasteiger partial charge in [-0.15, -0.1) is 0 Å². The number of aromatic nitrogens is 2. The molecule has 2 heterocycles. The molecule has 0 amide bonds. The van der Waals surface area contributed by atoms with Crippen LogP contribution in [0.3, 0.4) is 0 Å². The van der Waals surface area contributed by atoms with Crippen molar-refractivity contribution in [3.63, 3.8) is 0 Å². The van der Waals surface area contributed by atoms with E-state index in [2.05, 4.69) is 14.9 Å². The van der Waals surface area contributed by atoms with Crippen LogP contribution in [0.25, 0.3) is 0 Å². The van der Waals surface area contributed by atoms with Crippen LogP contribution in [-0.4, -0.2) is 47.7 Å². The number of morpholine rings is 1. The third kappa shape index (κ3) is 3.54. The summed E-state index contributed by atoms with van der Waals surface area (Å²) in [7, 11) is 0. The number of hydrogen-bond donors (Lipinski definition) is 0. The standard InChI is InChI=1S/C12H19N3O/c1-11-9-14-12(10-13-11)3-2-4-15-5-7-16-8-6-15/h9-10H,2-8H2,1H3. The van der Waals surface area contributed by atoms with Crippen molar-refractivity contribution < 1.29 is 4.74 Å². The molecule has 0 spiro atoms. The summed E-state index contributed by atoms with van der Waals surface area (Å²) in [5.74, 6) is 0. The van der Waals surface area contributed by atoms with Crippen LogP contribution in [0.1, 0.15) is 17.8 Å². The molecule has 1 aliphatic rings. The average Bonchev–Trinajstić information content (AvgIpc) is 2.33. The molecule has 0 unspecified atom stereocenters. The van der Waals surface area contributed by atoms with Crippen LogP contribution in [0.15, 0.2) is 12.4 Å². The second kappa shape index (κ2) is 5.92. The van der Waals surface area contributed by atoms with Gasteiger partial charge in [0.1, 0.15) is 0 Å². The molecule has 0 aromatic carbocycles. The molecule has 2 rings (SSSR count).